The minimum absolute atomic E-state index is 0. The fourth-order valence-electron chi connectivity index (χ4n) is 8.81. The number of allylic oxidation sites excluding steroid dienone is 1. The van der Waals surface area contributed by atoms with Crippen molar-refractivity contribution in [2.24, 2.45) is 29.6 Å². The third-order valence-corrected chi connectivity index (χ3v) is 12.6. The van der Waals surface area contributed by atoms with Crippen LogP contribution in [-0.4, -0.2) is 59.9 Å². The summed E-state index contributed by atoms with van der Waals surface area (Å²) in [5, 5.41) is 19.9. The molecule has 1 aliphatic carbocycles. The summed E-state index contributed by atoms with van der Waals surface area (Å²) in [6.07, 6.45) is 14.9. The van der Waals surface area contributed by atoms with Crippen LogP contribution >= 0.6 is 0 Å². The van der Waals surface area contributed by atoms with Gasteiger partial charge in [0.25, 0.3) is 0 Å². The van der Waals surface area contributed by atoms with Gasteiger partial charge in [-0.1, -0.05) is 125 Å². The first kappa shape index (κ1) is 43.2. The topological polar surface area (TPSA) is 129 Å². The number of ether oxygens (including phenoxy) is 2. The predicted octanol–water partition coefficient (Wildman–Crippen LogP) is 5.51. The monoisotopic (exact) mass is 770 g/mol. The SMILES string of the molecule is C=Cc1c2[n-]c(c1C)/C=C1\[N-]C(C3=c4[n-]c(c(C)c4=C(O)[C@@H]3C(=O)OC)/C=c3\[n-]/c(c(C)c3CC)=C\2)[C@@H](CCC(=O)OCC[C@H](C)CCC[C@H](C)CC)[C@@H]1C.[Mg+2]. The van der Waals surface area contributed by atoms with Crippen LogP contribution in [0.4, 0.5) is 0 Å². The van der Waals surface area contributed by atoms with Crippen LogP contribution in [0.1, 0.15) is 124 Å². The van der Waals surface area contributed by atoms with Crippen molar-refractivity contribution in [1.82, 2.24) is 15.0 Å². The molecule has 10 heteroatoms. The van der Waals surface area contributed by atoms with Gasteiger partial charge < -0.3 is 34.8 Å². The molecule has 1 N–H and O–H groups in total. The van der Waals surface area contributed by atoms with Crippen LogP contribution in [0.15, 0.2) is 12.3 Å². The molecule has 5 heterocycles. The molecule has 1 unspecified atom stereocenters. The first-order valence-electron chi connectivity index (χ1n) is 20.2. The molecule has 3 aromatic heterocycles. The van der Waals surface area contributed by atoms with Gasteiger partial charge in [-0.15, -0.1) is 33.1 Å². The van der Waals surface area contributed by atoms with Gasteiger partial charge in [0, 0.05) is 11.6 Å². The average Bonchev–Trinajstić information content (AvgIpc) is 3.90. The summed E-state index contributed by atoms with van der Waals surface area (Å²) in [4.78, 5) is 42.1. The van der Waals surface area contributed by atoms with Crippen LogP contribution in [0.3, 0.4) is 0 Å². The molecule has 56 heavy (non-hydrogen) atoms. The fourth-order valence-corrected chi connectivity index (χ4v) is 8.81. The second-order valence-electron chi connectivity index (χ2n) is 16.1. The molecule has 8 bridgehead atoms. The molecule has 0 spiro atoms. The van der Waals surface area contributed by atoms with Gasteiger partial charge in [-0.05, 0) is 69.3 Å². The van der Waals surface area contributed by atoms with Crippen LogP contribution in [0.25, 0.3) is 41.0 Å². The average molecular weight is 771 g/mol. The Hall–Kier alpha value is -3.89. The Bertz CT molecular complexity index is 2250. The van der Waals surface area contributed by atoms with Crippen molar-refractivity contribution >= 4 is 70.6 Å². The summed E-state index contributed by atoms with van der Waals surface area (Å²) in [6, 6.07) is -0.556. The van der Waals surface area contributed by atoms with Crippen molar-refractivity contribution < 1.29 is 24.2 Å². The van der Waals surface area contributed by atoms with Gasteiger partial charge in [-0.3, -0.25) is 9.59 Å². The summed E-state index contributed by atoms with van der Waals surface area (Å²) in [5.74, 6) is -1.01. The number of nitrogens with zero attached hydrogens (tertiary/aromatic N) is 4. The second kappa shape index (κ2) is 18.1. The molecule has 0 amide bonds. The molecule has 3 aromatic rings. The van der Waals surface area contributed by atoms with Crippen molar-refractivity contribution in [3.63, 3.8) is 0 Å². The molecule has 6 atom stereocenters. The van der Waals surface area contributed by atoms with Crippen LogP contribution in [-0.2, 0) is 25.5 Å². The van der Waals surface area contributed by atoms with Crippen LogP contribution in [0.2, 0.25) is 0 Å². The van der Waals surface area contributed by atoms with Crippen LogP contribution in [0.5, 0.6) is 0 Å². The van der Waals surface area contributed by atoms with Crippen LogP contribution < -0.4 is 36.2 Å². The van der Waals surface area contributed by atoms with E-state index in [0.29, 0.717) is 40.8 Å². The van der Waals surface area contributed by atoms with Gasteiger partial charge in [-0.25, -0.2) is 0 Å². The minimum Gasteiger partial charge on any atom is -0.681 e. The van der Waals surface area contributed by atoms with E-state index in [9.17, 15) is 14.7 Å². The van der Waals surface area contributed by atoms with Gasteiger partial charge in [-0.2, -0.15) is 5.70 Å². The Morgan fingerprint density at radius 1 is 0.929 bits per heavy atom. The fraction of sp³-hybridized carbons (Fsp3) is 0.522. The first-order chi connectivity index (χ1) is 26.3. The summed E-state index contributed by atoms with van der Waals surface area (Å²) in [6.45, 7) is 21.5. The molecular formula is C46H58MgN4O5-2. The zero-order valence-electron chi connectivity index (χ0n) is 34.9. The third kappa shape index (κ3) is 8.24. The predicted molar refractivity (Wildman–Crippen MR) is 224 cm³/mol. The number of aromatic nitrogens is 3. The molecule has 3 aliphatic rings. The maximum atomic E-state index is 13.5. The Labute approximate surface area is 348 Å². The minimum atomic E-state index is -1.06. The molecule has 0 radical (unpaired) electrons. The quantitative estimate of drug-likeness (QED) is 0.168. The maximum Gasteiger partial charge on any atom is 2.00 e. The Morgan fingerprint density at radius 2 is 1.62 bits per heavy atom. The van der Waals surface area contributed by atoms with Crippen molar-refractivity contribution in [2.75, 3.05) is 13.7 Å². The molecular weight excluding hydrogens is 713 g/mol. The van der Waals surface area contributed by atoms with Crippen LogP contribution in [0, 0.1) is 50.4 Å². The van der Waals surface area contributed by atoms with E-state index in [0.717, 1.165) is 80.8 Å². The van der Waals surface area contributed by atoms with E-state index < -0.39 is 17.9 Å². The van der Waals surface area contributed by atoms with E-state index >= 15 is 0 Å². The number of hydrogen-bond donors (Lipinski definition) is 1. The smallest absolute Gasteiger partial charge is 0.681 e. The van der Waals surface area contributed by atoms with Crippen molar-refractivity contribution in [3.8, 4) is 0 Å². The third-order valence-electron chi connectivity index (χ3n) is 12.6. The summed E-state index contributed by atoms with van der Waals surface area (Å²) in [7, 11) is 1.33. The van der Waals surface area contributed by atoms with Gasteiger partial charge in [0.1, 0.15) is 11.7 Å². The zero-order chi connectivity index (χ0) is 39.7. The number of fused-ring (bicyclic) bond motifs is 8. The molecule has 9 nitrogen and oxygen atoms in total. The molecule has 1 saturated heterocycles. The maximum absolute atomic E-state index is 13.5. The first-order valence-corrected chi connectivity index (χ1v) is 20.2. The Kier molecular flexibility index (Phi) is 14.0. The summed E-state index contributed by atoms with van der Waals surface area (Å²) < 4.78 is 11.1. The van der Waals surface area contributed by atoms with E-state index in [4.69, 9.17) is 29.7 Å². The summed E-state index contributed by atoms with van der Waals surface area (Å²) >= 11 is 0. The number of aliphatic hydroxyl groups is 1. The summed E-state index contributed by atoms with van der Waals surface area (Å²) in [5.41, 5.74) is 8.52. The number of aliphatic hydroxyl groups excluding tert-OH is 1. The zero-order valence-corrected chi connectivity index (χ0v) is 36.3. The largest absolute Gasteiger partial charge is 2.00 e. The van der Waals surface area contributed by atoms with Crippen molar-refractivity contribution in [2.45, 2.75) is 113 Å². The van der Waals surface area contributed by atoms with Gasteiger partial charge >= 0.3 is 35.0 Å². The van der Waals surface area contributed by atoms with E-state index in [1.165, 1.54) is 26.4 Å². The number of carbonyl (C=O) groups is 2. The standard InChI is InChI=1S/C46H58N4O5.Mg/c1-11-24(4)15-14-16-25(5)19-20-55-39(51)18-17-32-28(8)35-21-33-26(6)30(12-2)37(47-33)22-34-27(7)31(13-3)38(48-34)23-36-29(9)40-44(50-36)41(43(32)49-35)42(45(40)52)46(53)54-10;/h12,21-25,28,32,42-43,52H,2,11,13-20H2,1,3-10H3;/q-4;+2/b34-22-,35-21-,38-23-;/t24-,25-,28+,32+,42-,43?;/m1./s1. The van der Waals surface area contributed by atoms with Gasteiger partial charge in [0.15, 0.2) is 0 Å². The van der Waals surface area contributed by atoms with E-state index in [1.807, 2.05) is 38.2 Å². The molecule has 2 aliphatic heterocycles. The number of carbonyl (C=O) groups excluding carboxylic acids is 2. The van der Waals surface area contributed by atoms with E-state index in [-0.39, 0.29) is 53.0 Å². The van der Waals surface area contributed by atoms with E-state index in [1.54, 1.807) is 0 Å². The number of rotatable bonds is 14. The van der Waals surface area contributed by atoms with Crippen molar-refractivity contribution in [1.29, 1.82) is 0 Å². The van der Waals surface area contributed by atoms with E-state index in [2.05, 4.69) is 48.1 Å². The van der Waals surface area contributed by atoms with Crippen molar-refractivity contribution in [3.05, 3.63) is 83.8 Å². The number of methoxy groups -OCH3 is 1. The Morgan fingerprint density at radius 3 is 2.30 bits per heavy atom. The molecule has 0 aromatic carbocycles. The van der Waals surface area contributed by atoms with Gasteiger partial charge in [0.2, 0.25) is 0 Å². The molecule has 6 rings (SSSR count). The molecule has 1 fully saturated rings. The number of hydrogen-bond acceptors (Lipinski definition) is 5. The normalized spacial score (nSPS) is 22.8. The Balaban J connectivity index is 0.00000600. The molecule has 0 saturated carbocycles. The molecule has 296 valence electrons. The second-order valence-corrected chi connectivity index (χ2v) is 16.1. The number of esters is 2. The van der Waals surface area contributed by atoms with Gasteiger partial charge in [0.05, 0.1) is 13.7 Å².